The number of benzene rings is 2. The van der Waals surface area contributed by atoms with Gasteiger partial charge in [-0.15, -0.1) is 15.3 Å². The number of nitrogens with one attached hydrogen (secondary N) is 1. The number of carbonyl (C=O) groups excluding carboxylic acids is 1. The minimum atomic E-state index is -0.597. The van der Waals surface area contributed by atoms with Gasteiger partial charge in [0.25, 0.3) is 5.91 Å². The van der Waals surface area contributed by atoms with Gasteiger partial charge in [0.15, 0.2) is 22.3 Å². The lowest BCUT2D eigenvalue weighted by Gasteiger charge is -2.11. The Hall–Kier alpha value is -5.25. The maximum absolute atomic E-state index is 13.1. The van der Waals surface area contributed by atoms with E-state index in [1.807, 2.05) is 30.3 Å². The van der Waals surface area contributed by atoms with Crippen LogP contribution in [0.3, 0.4) is 0 Å². The van der Waals surface area contributed by atoms with E-state index in [2.05, 4.69) is 46.0 Å². The van der Waals surface area contributed by atoms with Crippen molar-refractivity contribution in [3.8, 4) is 17.3 Å². The third-order valence-corrected chi connectivity index (χ3v) is 6.53. The molecular formula is C24H23N11O4S. The van der Waals surface area contributed by atoms with Crippen LogP contribution in [0.1, 0.15) is 27.3 Å². The zero-order chi connectivity index (χ0) is 27.9. The molecule has 15 nitrogen and oxygen atoms in total. The van der Waals surface area contributed by atoms with Crippen molar-refractivity contribution >= 4 is 29.7 Å². The van der Waals surface area contributed by atoms with Gasteiger partial charge < -0.3 is 19.8 Å². The lowest BCUT2D eigenvalue weighted by molar-refractivity contribution is 0.0949. The summed E-state index contributed by atoms with van der Waals surface area (Å²) in [5.74, 6) is 0.834. The van der Waals surface area contributed by atoms with Crippen LogP contribution in [0.25, 0.3) is 5.82 Å². The summed E-state index contributed by atoms with van der Waals surface area (Å²) < 4.78 is 19.1. The van der Waals surface area contributed by atoms with Crippen LogP contribution in [0, 0.1) is 0 Å². The molecule has 0 atom stereocenters. The average Bonchev–Trinajstić information content (AvgIpc) is 3.70. The van der Waals surface area contributed by atoms with E-state index in [-0.39, 0.29) is 23.1 Å². The Balaban J connectivity index is 1.32. The highest BCUT2D eigenvalue weighted by Crippen LogP contribution is 2.28. The fourth-order valence-corrected chi connectivity index (χ4v) is 4.37. The van der Waals surface area contributed by atoms with Crippen molar-refractivity contribution in [1.82, 2.24) is 45.5 Å². The van der Waals surface area contributed by atoms with Crippen LogP contribution in [0.15, 0.2) is 69.7 Å². The molecule has 0 unspecified atom stereocenters. The molecule has 1 amide bonds. The van der Waals surface area contributed by atoms with E-state index in [0.29, 0.717) is 34.5 Å². The number of nitrogens with two attached hydrogens (primary N) is 1. The zero-order valence-corrected chi connectivity index (χ0v) is 22.1. The first kappa shape index (κ1) is 26.4. The van der Waals surface area contributed by atoms with Gasteiger partial charge in [-0.1, -0.05) is 47.3 Å². The molecule has 0 radical (unpaired) electrons. The molecule has 16 heteroatoms. The van der Waals surface area contributed by atoms with Crippen molar-refractivity contribution in [3.05, 3.63) is 77.4 Å². The van der Waals surface area contributed by atoms with Crippen molar-refractivity contribution in [3.63, 3.8) is 0 Å². The molecule has 204 valence electrons. The minimum Gasteiger partial charge on any atom is -0.493 e. The van der Waals surface area contributed by atoms with Crippen LogP contribution in [0.4, 0.5) is 5.82 Å². The number of rotatable bonds is 11. The second kappa shape index (κ2) is 12.1. The molecular weight excluding hydrogens is 538 g/mol. The summed E-state index contributed by atoms with van der Waals surface area (Å²) in [5.41, 5.74) is 10.4. The van der Waals surface area contributed by atoms with Crippen LogP contribution >= 0.6 is 11.8 Å². The molecule has 0 aliphatic rings. The first-order chi connectivity index (χ1) is 19.5. The Morgan fingerprint density at radius 2 is 2.02 bits per heavy atom. The third-order valence-electron chi connectivity index (χ3n) is 5.49. The molecule has 5 rings (SSSR count). The molecule has 3 aromatic heterocycles. The number of hydrogen-bond acceptors (Lipinski definition) is 13. The average molecular weight is 562 g/mol. The van der Waals surface area contributed by atoms with E-state index in [1.54, 1.807) is 43.3 Å². The quantitative estimate of drug-likeness (QED) is 0.136. The van der Waals surface area contributed by atoms with E-state index < -0.39 is 5.91 Å². The maximum Gasteiger partial charge on any atom is 0.293 e. The smallest absolute Gasteiger partial charge is 0.293 e. The largest absolute Gasteiger partial charge is 0.493 e. The molecule has 0 fully saturated rings. The van der Waals surface area contributed by atoms with E-state index in [1.165, 1.54) is 22.7 Å². The van der Waals surface area contributed by atoms with Gasteiger partial charge >= 0.3 is 0 Å². The normalized spacial score (nSPS) is 11.2. The van der Waals surface area contributed by atoms with Crippen LogP contribution < -0.4 is 20.6 Å². The Morgan fingerprint density at radius 1 is 1.18 bits per heavy atom. The first-order valence-corrected chi connectivity index (χ1v) is 12.7. The van der Waals surface area contributed by atoms with Crippen LogP contribution in [-0.4, -0.2) is 59.3 Å². The fraction of sp³-hybridized carbons (Fsp3) is 0.167. The van der Waals surface area contributed by atoms with Crippen molar-refractivity contribution < 1.29 is 18.9 Å². The number of carbonyl (C=O) groups is 1. The fourth-order valence-electron chi connectivity index (χ4n) is 3.49. The van der Waals surface area contributed by atoms with Gasteiger partial charge in [0.05, 0.1) is 19.0 Å². The molecule has 0 saturated carbocycles. The number of anilines is 1. The molecule has 0 aliphatic heterocycles. The number of aromatic nitrogens is 8. The molecule has 0 bridgehead atoms. The molecule has 3 N–H and O–H groups in total. The SMILES string of the molecule is COc1ccc(/C=N\NC(=O)c2nnn(-c3nonc3N)c2CSc2nncn2C)cc1OCc1ccccc1. The number of aryl methyl sites for hydroxylation is 1. The highest BCUT2D eigenvalue weighted by molar-refractivity contribution is 7.98. The number of hydrogen-bond donors (Lipinski definition) is 2. The maximum atomic E-state index is 13.1. The number of ether oxygens (including phenoxy) is 2. The molecule has 0 spiro atoms. The Bertz CT molecular complexity index is 1630. The van der Waals surface area contributed by atoms with Crippen molar-refractivity contribution in [2.24, 2.45) is 12.1 Å². The molecule has 0 saturated heterocycles. The summed E-state index contributed by atoms with van der Waals surface area (Å²) in [7, 11) is 3.37. The Labute approximate surface area is 231 Å². The van der Waals surface area contributed by atoms with Crippen molar-refractivity contribution in [2.45, 2.75) is 17.5 Å². The van der Waals surface area contributed by atoms with Gasteiger partial charge in [-0.05, 0) is 39.6 Å². The predicted molar refractivity (Wildman–Crippen MR) is 143 cm³/mol. The lowest BCUT2D eigenvalue weighted by atomic mass is 10.2. The summed E-state index contributed by atoms with van der Waals surface area (Å²) >= 11 is 1.31. The number of nitrogen functional groups attached to an aromatic ring is 1. The number of nitrogens with zero attached hydrogens (tertiary/aromatic N) is 9. The number of amides is 1. The van der Waals surface area contributed by atoms with Crippen molar-refractivity contribution in [1.29, 1.82) is 0 Å². The summed E-state index contributed by atoms with van der Waals surface area (Å²) in [4.78, 5) is 13.1. The number of hydrazone groups is 1. The molecule has 0 aliphatic carbocycles. The van der Waals surface area contributed by atoms with Gasteiger partial charge in [0.2, 0.25) is 11.6 Å². The van der Waals surface area contributed by atoms with Crippen LogP contribution in [0.5, 0.6) is 11.5 Å². The van der Waals surface area contributed by atoms with Crippen LogP contribution in [0.2, 0.25) is 0 Å². The van der Waals surface area contributed by atoms with Crippen LogP contribution in [-0.2, 0) is 19.4 Å². The summed E-state index contributed by atoms with van der Waals surface area (Å²) in [6.07, 6.45) is 3.04. The second-order valence-corrected chi connectivity index (χ2v) is 9.11. The van der Waals surface area contributed by atoms with E-state index in [9.17, 15) is 4.79 Å². The summed E-state index contributed by atoms with van der Waals surface area (Å²) in [6, 6.07) is 15.1. The standard InChI is InChI=1S/C24H23N11O4S/c1-34-14-27-30-24(34)40-13-17-20(28-33-35(17)22-21(25)31-39-32-22)23(36)29-26-11-16-8-9-18(37-2)19(10-16)38-12-15-6-4-3-5-7-15/h3-11,14H,12-13H2,1-2H3,(H2,25,31)(H,29,36)/b26-11-. The molecule has 2 aromatic carbocycles. The monoisotopic (exact) mass is 561 g/mol. The third kappa shape index (κ3) is 5.91. The number of thioether (sulfide) groups is 1. The van der Waals surface area contributed by atoms with E-state index in [0.717, 1.165) is 5.56 Å². The second-order valence-electron chi connectivity index (χ2n) is 8.17. The van der Waals surface area contributed by atoms with Gasteiger partial charge in [-0.2, -0.15) is 9.78 Å². The highest BCUT2D eigenvalue weighted by atomic mass is 32.2. The highest BCUT2D eigenvalue weighted by Gasteiger charge is 2.24. The Kier molecular flexibility index (Phi) is 7.96. The predicted octanol–water partition coefficient (Wildman–Crippen LogP) is 2.00. The van der Waals surface area contributed by atoms with Gasteiger partial charge in [-0.3, -0.25) is 4.79 Å². The first-order valence-electron chi connectivity index (χ1n) is 11.7. The van der Waals surface area contributed by atoms with Gasteiger partial charge in [0.1, 0.15) is 12.9 Å². The van der Waals surface area contributed by atoms with Gasteiger partial charge in [0, 0.05) is 12.8 Å². The van der Waals surface area contributed by atoms with E-state index in [4.69, 9.17) is 15.2 Å². The molecule has 5 aromatic rings. The minimum absolute atomic E-state index is 0.00965. The molecule has 40 heavy (non-hydrogen) atoms. The summed E-state index contributed by atoms with van der Waals surface area (Å²) in [5, 5.41) is 28.0. The zero-order valence-electron chi connectivity index (χ0n) is 21.3. The Morgan fingerprint density at radius 3 is 2.75 bits per heavy atom. The van der Waals surface area contributed by atoms with Crippen molar-refractivity contribution in [2.75, 3.05) is 12.8 Å². The summed E-state index contributed by atoms with van der Waals surface area (Å²) in [6.45, 7) is 0.366. The van der Waals surface area contributed by atoms with Gasteiger partial charge in [-0.25, -0.2) is 10.1 Å². The number of methoxy groups -OCH3 is 1. The lowest BCUT2D eigenvalue weighted by Crippen LogP contribution is -2.20. The topological polar surface area (TPSA) is 186 Å². The van der Waals surface area contributed by atoms with E-state index >= 15 is 0 Å². The molecule has 3 heterocycles.